The summed E-state index contributed by atoms with van der Waals surface area (Å²) in [6, 6.07) is 24.4. The van der Waals surface area contributed by atoms with Crippen LogP contribution in [0.3, 0.4) is 0 Å². The van der Waals surface area contributed by atoms with E-state index in [0.29, 0.717) is 33.1 Å². The van der Waals surface area contributed by atoms with Crippen LogP contribution >= 0.6 is 23.2 Å². The molecule has 1 N–H and O–H groups in total. The molecule has 7 nitrogen and oxygen atoms in total. The molecular weight excluding hydrogens is 581 g/mol. The maximum absolute atomic E-state index is 13.8. The van der Waals surface area contributed by atoms with Crippen molar-refractivity contribution in [2.24, 2.45) is 0 Å². The van der Waals surface area contributed by atoms with Gasteiger partial charge >= 0.3 is 0 Å². The highest BCUT2D eigenvalue weighted by atomic mass is 35.5. The number of carbonyl (C=O) groups is 2. The molecule has 4 aromatic rings. The summed E-state index contributed by atoms with van der Waals surface area (Å²) in [5.74, 6) is -0.593. The van der Waals surface area contributed by atoms with E-state index in [2.05, 4.69) is 5.32 Å². The molecule has 212 valence electrons. The summed E-state index contributed by atoms with van der Waals surface area (Å²) in [5, 5.41) is 5.09. The predicted molar refractivity (Wildman–Crippen MR) is 163 cm³/mol. The van der Waals surface area contributed by atoms with E-state index < -0.39 is 16.1 Å². The van der Waals surface area contributed by atoms with Gasteiger partial charge in [-0.25, -0.2) is 8.42 Å². The van der Waals surface area contributed by atoms with E-state index >= 15 is 0 Å². The first-order valence-electron chi connectivity index (χ1n) is 13.2. The molecule has 0 fully saturated rings. The first kappa shape index (κ1) is 28.9. The maximum Gasteiger partial charge on any atom is 0.265 e. The minimum atomic E-state index is -3.73. The van der Waals surface area contributed by atoms with Crippen molar-refractivity contribution in [3.63, 3.8) is 0 Å². The Morgan fingerprint density at radius 1 is 0.951 bits per heavy atom. The molecule has 2 amide bonds. The summed E-state index contributed by atoms with van der Waals surface area (Å²) in [5.41, 5.74) is 2.16. The number of halogens is 2. The van der Waals surface area contributed by atoms with Gasteiger partial charge in [0.1, 0.15) is 6.04 Å². The average Bonchev–Trinajstić information content (AvgIpc) is 3.19. The van der Waals surface area contributed by atoms with Gasteiger partial charge in [-0.2, -0.15) is 0 Å². The highest BCUT2D eigenvalue weighted by Crippen LogP contribution is 2.42. The fourth-order valence-corrected chi connectivity index (χ4v) is 7.49. The van der Waals surface area contributed by atoms with Gasteiger partial charge in [0.15, 0.2) is 0 Å². The number of hydrogen-bond donors (Lipinski definition) is 1. The Balaban J connectivity index is 1.39. The van der Waals surface area contributed by atoms with Crippen LogP contribution in [0.2, 0.25) is 10.0 Å². The van der Waals surface area contributed by atoms with Crippen molar-refractivity contribution in [3.05, 3.63) is 106 Å². The van der Waals surface area contributed by atoms with Gasteiger partial charge in [-0.05, 0) is 47.2 Å². The minimum Gasteiger partial charge on any atom is -0.357 e. The van der Waals surface area contributed by atoms with Crippen LogP contribution in [0.1, 0.15) is 24.0 Å². The Kier molecular flexibility index (Phi) is 8.54. The molecule has 0 unspecified atom stereocenters. The lowest BCUT2D eigenvalue weighted by atomic mass is 10.0. The third-order valence-electron chi connectivity index (χ3n) is 7.31. The Hall–Kier alpha value is -3.59. The van der Waals surface area contributed by atoms with E-state index in [4.69, 9.17) is 23.2 Å². The lowest BCUT2D eigenvalue weighted by Gasteiger charge is -2.31. The standard InChI is InChI=1S/C31H29Cl2N3O4S/c1-34-31(38)27(18-21-8-3-2-4-9-21)35(20-23-15-16-24(32)19-25(23)33)29(37)14-7-17-36-26-12-5-10-22-11-6-13-28(30(22)26)41(36,39)40/h2-6,8-13,15-16,19,27H,7,14,17-18,20H2,1H3,(H,34,38)/t27-/m1/s1. The van der Waals surface area contributed by atoms with Gasteiger partial charge in [0, 0.05) is 48.4 Å². The minimum absolute atomic E-state index is 0.0336. The number of benzene rings is 4. The fourth-order valence-electron chi connectivity index (χ4n) is 5.27. The Bertz CT molecular complexity index is 1710. The van der Waals surface area contributed by atoms with Crippen LogP contribution in [0.15, 0.2) is 89.8 Å². The van der Waals surface area contributed by atoms with Gasteiger partial charge in [-0.15, -0.1) is 0 Å². The summed E-state index contributed by atoms with van der Waals surface area (Å²) in [4.78, 5) is 28.8. The third kappa shape index (κ3) is 5.91. The number of likely N-dealkylation sites (N-methyl/N-ethyl adjacent to an activating group) is 1. The fraction of sp³-hybridized carbons (Fsp3) is 0.226. The molecule has 0 aromatic heterocycles. The molecule has 0 radical (unpaired) electrons. The Labute approximate surface area is 249 Å². The molecule has 10 heteroatoms. The molecule has 1 atom stereocenters. The molecule has 5 rings (SSSR count). The Morgan fingerprint density at radius 2 is 1.68 bits per heavy atom. The number of hydrogen-bond acceptors (Lipinski definition) is 4. The van der Waals surface area contributed by atoms with Crippen molar-refractivity contribution in [1.82, 2.24) is 10.2 Å². The number of sulfonamides is 1. The highest BCUT2D eigenvalue weighted by molar-refractivity contribution is 7.93. The van der Waals surface area contributed by atoms with E-state index in [1.54, 1.807) is 36.4 Å². The molecule has 1 aliphatic rings. The monoisotopic (exact) mass is 609 g/mol. The van der Waals surface area contributed by atoms with Gasteiger partial charge < -0.3 is 10.2 Å². The van der Waals surface area contributed by atoms with Crippen molar-refractivity contribution >= 4 is 61.5 Å². The van der Waals surface area contributed by atoms with E-state index in [1.165, 1.54) is 16.3 Å². The summed E-state index contributed by atoms with van der Waals surface area (Å²) in [6.07, 6.45) is 0.597. The van der Waals surface area contributed by atoms with Crippen molar-refractivity contribution in [3.8, 4) is 0 Å². The first-order chi connectivity index (χ1) is 19.7. The lowest BCUT2D eigenvalue weighted by molar-refractivity contribution is -0.141. The molecular formula is C31H29Cl2N3O4S. The van der Waals surface area contributed by atoms with Crippen LogP contribution in [-0.4, -0.2) is 44.8 Å². The van der Waals surface area contributed by atoms with Crippen LogP contribution in [-0.2, 0) is 32.6 Å². The zero-order chi connectivity index (χ0) is 29.1. The van der Waals surface area contributed by atoms with Gasteiger partial charge in [-0.1, -0.05) is 83.9 Å². The molecule has 0 saturated heterocycles. The van der Waals surface area contributed by atoms with Crippen LogP contribution in [0.4, 0.5) is 5.69 Å². The third-order valence-corrected chi connectivity index (χ3v) is 9.75. The normalized spacial score (nSPS) is 14.2. The summed E-state index contributed by atoms with van der Waals surface area (Å²) < 4.78 is 28.1. The number of nitrogens with zero attached hydrogens (tertiary/aromatic N) is 2. The number of carbonyl (C=O) groups excluding carboxylic acids is 2. The van der Waals surface area contributed by atoms with Crippen molar-refractivity contribution in [2.75, 3.05) is 17.9 Å². The molecule has 0 aliphatic carbocycles. The van der Waals surface area contributed by atoms with Crippen LogP contribution in [0.25, 0.3) is 10.8 Å². The second-order valence-corrected chi connectivity index (χ2v) is 12.6. The quantitative estimate of drug-likeness (QED) is 0.245. The van der Waals surface area contributed by atoms with Gasteiger partial charge in [-0.3, -0.25) is 13.9 Å². The van der Waals surface area contributed by atoms with Gasteiger partial charge in [0.05, 0.1) is 10.6 Å². The van der Waals surface area contributed by atoms with E-state index in [9.17, 15) is 18.0 Å². The average molecular weight is 611 g/mol. The predicted octanol–water partition coefficient (Wildman–Crippen LogP) is 5.82. The zero-order valence-electron chi connectivity index (χ0n) is 22.4. The molecule has 41 heavy (non-hydrogen) atoms. The van der Waals surface area contributed by atoms with Crippen LogP contribution in [0, 0.1) is 0 Å². The van der Waals surface area contributed by atoms with Gasteiger partial charge in [0.25, 0.3) is 10.0 Å². The smallest absolute Gasteiger partial charge is 0.265 e. The molecule has 0 bridgehead atoms. The van der Waals surface area contributed by atoms with Gasteiger partial charge in [0.2, 0.25) is 11.8 Å². The largest absolute Gasteiger partial charge is 0.357 e. The van der Waals surface area contributed by atoms with Crippen LogP contribution < -0.4 is 9.62 Å². The number of nitrogens with one attached hydrogen (secondary N) is 1. The second-order valence-electron chi connectivity index (χ2n) is 9.89. The van der Waals surface area contributed by atoms with Crippen molar-refractivity contribution in [2.45, 2.75) is 36.7 Å². The molecule has 0 saturated carbocycles. The van der Waals surface area contributed by atoms with Crippen molar-refractivity contribution < 1.29 is 18.0 Å². The molecule has 1 aliphatic heterocycles. The number of rotatable bonds is 10. The van der Waals surface area contributed by atoms with E-state index in [1.807, 2.05) is 48.5 Å². The Morgan fingerprint density at radius 3 is 2.39 bits per heavy atom. The van der Waals surface area contributed by atoms with E-state index in [0.717, 1.165) is 10.9 Å². The summed E-state index contributed by atoms with van der Waals surface area (Å²) in [6.45, 7) is 0.216. The zero-order valence-corrected chi connectivity index (χ0v) is 24.7. The SMILES string of the molecule is CNC(=O)[C@@H](Cc1ccccc1)N(Cc1ccc(Cl)cc1Cl)C(=O)CCCN1c2cccc3cccc(c23)S1(=O)=O. The number of anilines is 1. The summed E-state index contributed by atoms with van der Waals surface area (Å²) in [7, 11) is -2.20. The van der Waals surface area contributed by atoms with Crippen LogP contribution in [0.5, 0.6) is 0 Å². The number of amides is 2. The molecule has 1 heterocycles. The highest BCUT2D eigenvalue weighted by Gasteiger charge is 2.36. The molecule has 0 spiro atoms. The lowest BCUT2D eigenvalue weighted by Crippen LogP contribution is -2.49. The maximum atomic E-state index is 13.8. The first-order valence-corrected chi connectivity index (χ1v) is 15.4. The van der Waals surface area contributed by atoms with E-state index in [-0.39, 0.29) is 42.6 Å². The van der Waals surface area contributed by atoms with Crippen molar-refractivity contribution in [1.29, 1.82) is 0 Å². The molecule has 4 aromatic carbocycles. The summed E-state index contributed by atoms with van der Waals surface area (Å²) >= 11 is 12.6. The topological polar surface area (TPSA) is 86.8 Å². The second kappa shape index (κ2) is 12.1.